The van der Waals surface area contributed by atoms with Crippen LogP contribution in [0.5, 0.6) is 0 Å². The molecule has 1 heterocycles. The highest BCUT2D eigenvalue weighted by Gasteiger charge is 2.53. The number of cyclic esters (lactones) is 1. The summed E-state index contributed by atoms with van der Waals surface area (Å²) in [6, 6.07) is 19.9. The lowest BCUT2D eigenvalue weighted by molar-refractivity contribution is -0.144. The van der Waals surface area contributed by atoms with Crippen LogP contribution < -0.4 is 0 Å². The van der Waals surface area contributed by atoms with Crippen LogP contribution in [0, 0.1) is 11.8 Å². The number of benzene rings is 2. The van der Waals surface area contributed by atoms with E-state index in [0.717, 1.165) is 11.1 Å². The zero-order valence-electron chi connectivity index (χ0n) is 12.8. The summed E-state index contributed by atoms with van der Waals surface area (Å²) in [5.41, 5.74) is 1.35. The molecule has 0 N–H and O–H groups in total. The van der Waals surface area contributed by atoms with Crippen LogP contribution in [0.1, 0.15) is 24.0 Å². The maximum atomic E-state index is 13.2. The van der Waals surface area contributed by atoms with Crippen molar-refractivity contribution in [2.24, 2.45) is 11.8 Å². The first-order chi connectivity index (χ1) is 11.2. The molecule has 1 saturated heterocycles. The predicted molar refractivity (Wildman–Crippen MR) is 85.8 cm³/mol. The quantitative estimate of drug-likeness (QED) is 0.801. The topological polar surface area (TPSA) is 43.4 Å². The summed E-state index contributed by atoms with van der Waals surface area (Å²) in [4.78, 5) is 25.1. The maximum absolute atomic E-state index is 13.2. The Morgan fingerprint density at radius 3 is 2.00 bits per heavy atom. The lowest BCUT2D eigenvalue weighted by Gasteiger charge is -2.40. The zero-order valence-corrected chi connectivity index (χ0v) is 12.8. The zero-order chi connectivity index (χ0) is 15.9. The molecule has 1 saturated carbocycles. The average Bonchev–Trinajstić information content (AvgIpc) is 2.96. The molecule has 3 heteroatoms. The second-order valence-electron chi connectivity index (χ2n) is 6.47. The van der Waals surface area contributed by atoms with Gasteiger partial charge in [-0.15, -0.1) is 0 Å². The van der Waals surface area contributed by atoms with E-state index in [1.807, 2.05) is 60.7 Å². The van der Waals surface area contributed by atoms with Crippen LogP contribution in [-0.2, 0) is 19.7 Å². The van der Waals surface area contributed by atoms with Crippen molar-refractivity contribution in [3.63, 3.8) is 0 Å². The molecule has 2 unspecified atom stereocenters. The molecule has 4 rings (SSSR count). The second-order valence-corrected chi connectivity index (χ2v) is 6.47. The molecule has 2 aromatic carbocycles. The Hall–Kier alpha value is -2.42. The van der Waals surface area contributed by atoms with Gasteiger partial charge in [0.2, 0.25) is 0 Å². The molecule has 2 atom stereocenters. The lowest BCUT2D eigenvalue weighted by Crippen LogP contribution is -2.46. The number of esters is 1. The lowest BCUT2D eigenvalue weighted by atomic mass is 9.59. The fourth-order valence-electron chi connectivity index (χ4n) is 4.11. The van der Waals surface area contributed by atoms with Crippen molar-refractivity contribution < 1.29 is 14.3 Å². The Morgan fingerprint density at radius 2 is 1.43 bits per heavy atom. The van der Waals surface area contributed by atoms with Gasteiger partial charge in [0.05, 0.1) is 17.9 Å². The van der Waals surface area contributed by atoms with E-state index in [4.69, 9.17) is 4.74 Å². The molecule has 116 valence electrons. The summed E-state index contributed by atoms with van der Waals surface area (Å²) >= 11 is 0. The molecule has 2 aromatic rings. The highest BCUT2D eigenvalue weighted by Crippen LogP contribution is 2.48. The minimum atomic E-state index is -0.669. The Kier molecular flexibility index (Phi) is 3.29. The number of carbonyl (C=O) groups is 2. The largest absolute Gasteiger partial charge is 0.465 e. The van der Waals surface area contributed by atoms with Crippen molar-refractivity contribution >= 4 is 11.8 Å². The number of fused-ring (bicyclic) bond motifs is 1. The first kappa shape index (κ1) is 14.2. The van der Waals surface area contributed by atoms with Crippen LogP contribution in [0.3, 0.4) is 0 Å². The number of hydrogen-bond acceptors (Lipinski definition) is 3. The molecular formula is C20H18O3. The van der Waals surface area contributed by atoms with Crippen molar-refractivity contribution in [1.29, 1.82) is 0 Å². The van der Waals surface area contributed by atoms with E-state index < -0.39 is 5.41 Å². The summed E-state index contributed by atoms with van der Waals surface area (Å²) in [5, 5.41) is 0. The summed E-state index contributed by atoms with van der Waals surface area (Å²) in [7, 11) is 0. The summed E-state index contributed by atoms with van der Waals surface area (Å²) in [5.74, 6) is -0.239. The van der Waals surface area contributed by atoms with Gasteiger partial charge in [-0.2, -0.15) is 0 Å². The molecule has 0 amide bonds. The number of ketones is 1. The van der Waals surface area contributed by atoms with Gasteiger partial charge in [0, 0.05) is 12.3 Å². The summed E-state index contributed by atoms with van der Waals surface area (Å²) in [6.45, 7) is 0.429. The monoisotopic (exact) mass is 306 g/mol. The highest BCUT2D eigenvalue weighted by atomic mass is 16.5. The van der Waals surface area contributed by atoms with Gasteiger partial charge in [0.1, 0.15) is 5.78 Å². The van der Waals surface area contributed by atoms with Crippen LogP contribution in [-0.4, -0.2) is 18.4 Å². The number of Topliss-reactive ketones (excluding diaryl/α,β-unsaturated/α-hetero) is 1. The van der Waals surface area contributed by atoms with Crippen LogP contribution in [0.2, 0.25) is 0 Å². The predicted octanol–water partition coefficient (Wildman–Crippen LogP) is 3.12. The van der Waals surface area contributed by atoms with Gasteiger partial charge in [-0.3, -0.25) is 9.59 Å². The van der Waals surface area contributed by atoms with Gasteiger partial charge in [-0.05, 0) is 17.5 Å². The third-order valence-corrected chi connectivity index (χ3v) is 5.29. The molecular weight excluding hydrogens is 288 g/mol. The van der Waals surface area contributed by atoms with Gasteiger partial charge in [0.25, 0.3) is 0 Å². The fourth-order valence-corrected chi connectivity index (χ4v) is 4.11. The number of rotatable bonds is 2. The summed E-state index contributed by atoms with van der Waals surface area (Å²) < 4.78 is 5.22. The van der Waals surface area contributed by atoms with Crippen molar-refractivity contribution in [2.45, 2.75) is 18.3 Å². The van der Waals surface area contributed by atoms with E-state index in [1.165, 1.54) is 0 Å². The van der Waals surface area contributed by atoms with Crippen molar-refractivity contribution in [3.8, 4) is 0 Å². The Labute approximate surface area is 135 Å². The third-order valence-electron chi connectivity index (χ3n) is 5.29. The van der Waals surface area contributed by atoms with E-state index in [1.54, 1.807) is 0 Å². The van der Waals surface area contributed by atoms with E-state index in [9.17, 15) is 9.59 Å². The smallest absolute Gasteiger partial charge is 0.309 e. The second kappa shape index (κ2) is 5.34. The summed E-state index contributed by atoms with van der Waals surface area (Å²) in [6.07, 6.45) is 0.906. The molecule has 0 aromatic heterocycles. The first-order valence-electron chi connectivity index (χ1n) is 8.03. The average molecular weight is 306 g/mol. The van der Waals surface area contributed by atoms with E-state index in [2.05, 4.69) is 0 Å². The molecule has 1 aliphatic carbocycles. The number of hydrogen-bond donors (Lipinski definition) is 0. The minimum Gasteiger partial charge on any atom is -0.465 e. The Morgan fingerprint density at radius 1 is 0.870 bits per heavy atom. The van der Waals surface area contributed by atoms with Gasteiger partial charge in [-0.1, -0.05) is 60.7 Å². The minimum absolute atomic E-state index is 0.112. The third kappa shape index (κ3) is 2.11. The molecule has 2 fully saturated rings. The van der Waals surface area contributed by atoms with E-state index in [0.29, 0.717) is 13.0 Å². The molecule has 2 aliphatic rings. The number of ether oxygens (including phenoxy) is 1. The molecule has 1 aliphatic heterocycles. The Balaban J connectivity index is 1.87. The van der Waals surface area contributed by atoms with Crippen LogP contribution >= 0.6 is 0 Å². The molecule has 23 heavy (non-hydrogen) atoms. The van der Waals surface area contributed by atoms with Gasteiger partial charge >= 0.3 is 5.97 Å². The molecule has 0 bridgehead atoms. The van der Waals surface area contributed by atoms with Crippen LogP contribution in [0.15, 0.2) is 60.7 Å². The molecule has 0 radical (unpaired) electrons. The van der Waals surface area contributed by atoms with E-state index >= 15 is 0 Å². The van der Waals surface area contributed by atoms with Gasteiger partial charge in [0.15, 0.2) is 0 Å². The number of carbonyl (C=O) groups excluding carboxylic acids is 2. The first-order valence-corrected chi connectivity index (χ1v) is 8.03. The van der Waals surface area contributed by atoms with Crippen molar-refractivity contribution in [1.82, 2.24) is 0 Å². The van der Waals surface area contributed by atoms with Gasteiger partial charge < -0.3 is 4.74 Å². The SMILES string of the molecule is O=C1OCC2CC(c3ccccc3)(c3ccccc3)C(=O)CC12. The standard InChI is InChI=1S/C20H18O3/c21-18-11-17-14(13-23-19(17)22)12-20(18,15-7-3-1-4-8-15)16-9-5-2-6-10-16/h1-10,14,17H,11-13H2. The molecule has 0 spiro atoms. The maximum Gasteiger partial charge on any atom is 0.309 e. The molecule has 3 nitrogen and oxygen atoms in total. The van der Waals surface area contributed by atoms with E-state index in [-0.39, 0.29) is 30.0 Å². The highest BCUT2D eigenvalue weighted by molar-refractivity contribution is 5.97. The van der Waals surface area contributed by atoms with Crippen LogP contribution in [0.25, 0.3) is 0 Å². The van der Waals surface area contributed by atoms with Crippen molar-refractivity contribution in [2.75, 3.05) is 6.61 Å². The van der Waals surface area contributed by atoms with Crippen molar-refractivity contribution in [3.05, 3.63) is 71.8 Å². The van der Waals surface area contributed by atoms with Crippen LogP contribution in [0.4, 0.5) is 0 Å². The Bertz CT molecular complexity index is 696. The normalized spacial score (nSPS) is 25.7. The van der Waals surface area contributed by atoms with Gasteiger partial charge in [-0.25, -0.2) is 0 Å². The fraction of sp³-hybridized carbons (Fsp3) is 0.300.